The molecule has 3 aromatic rings. The van der Waals surface area contributed by atoms with E-state index in [1.165, 1.54) is 0 Å². The first-order chi connectivity index (χ1) is 15.2. The maximum absolute atomic E-state index is 13.3. The van der Waals surface area contributed by atoms with Crippen molar-refractivity contribution in [3.05, 3.63) is 77.9 Å². The van der Waals surface area contributed by atoms with Crippen molar-refractivity contribution in [2.45, 2.75) is 26.2 Å². The third-order valence-electron chi connectivity index (χ3n) is 5.54. The number of rotatable bonds is 6. The van der Waals surface area contributed by atoms with E-state index in [1.54, 1.807) is 17.0 Å². The van der Waals surface area contributed by atoms with Crippen molar-refractivity contribution in [2.75, 3.05) is 16.8 Å². The maximum Gasteiger partial charge on any atom is 0.267 e. The van der Waals surface area contributed by atoms with E-state index in [9.17, 15) is 14.9 Å². The highest BCUT2D eigenvalue weighted by molar-refractivity contribution is 6.38. The Morgan fingerprint density at radius 1 is 1.00 bits per heavy atom. The van der Waals surface area contributed by atoms with Crippen LogP contribution in [-0.4, -0.2) is 18.4 Å². The van der Waals surface area contributed by atoms with Gasteiger partial charge in [0.15, 0.2) is 0 Å². The minimum atomic E-state index is -0.576. The number of nitrogens with one attached hydrogen (secondary N) is 1. The zero-order chi connectivity index (χ0) is 21.8. The van der Waals surface area contributed by atoms with E-state index in [-0.39, 0.29) is 17.1 Å². The van der Waals surface area contributed by atoms with Crippen molar-refractivity contribution < 1.29 is 9.59 Å². The number of benzene rings is 3. The standard InChI is InChI=1S/C26H23N3O2/c1-2-3-8-16-29-23-15-7-6-13-20(23)24(26(29)31)21(17-27)25(30)28-22-14-9-11-18-10-4-5-12-19(18)22/h4-7,9-15H,2-3,8,16H2,1H3,(H,28,30)/b24-21+. The highest BCUT2D eigenvalue weighted by Crippen LogP contribution is 2.38. The quantitative estimate of drug-likeness (QED) is 0.341. The van der Waals surface area contributed by atoms with Gasteiger partial charge in [0, 0.05) is 23.2 Å². The van der Waals surface area contributed by atoms with Crippen molar-refractivity contribution in [1.29, 1.82) is 5.26 Å². The summed E-state index contributed by atoms with van der Waals surface area (Å²) in [5.41, 5.74) is 2.00. The molecule has 4 rings (SSSR count). The van der Waals surface area contributed by atoms with Gasteiger partial charge in [-0.2, -0.15) is 5.26 Å². The lowest BCUT2D eigenvalue weighted by Crippen LogP contribution is -2.28. The molecule has 5 heteroatoms. The summed E-state index contributed by atoms with van der Waals surface area (Å²) in [5, 5.41) is 14.6. The highest BCUT2D eigenvalue weighted by atomic mass is 16.2. The molecule has 0 fully saturated rings. The molecule has 5 nitrogen and oxygen atoms in total. The number of para-hydroxylation sites is 1. The van der Waals surface area contributed by atoms with Gasteiger partial charge >= 0.3 is 0 Å². The molecule has 2 amide bonds. The smallest absolute Gasteiger partial charge is 0.267 e. The van der Waals surface area contributed by atoms with Crippen LogP contribution in [0.2, 0.25) is 0 Å². The van der Waals surface area contributed by atoms with Crippen LogP contribution in [0, 0.1) is 11.3 Å². The molecular weight excluding hydrogens is 386 g/mol. The topological polar surface area (TPSA) is 73.2 Å². The van der Waals surface area contributed by atoms with Crippen LogP contribution in [0.4, 0.5) is 11.4 Å². The number of fused-ring (bicyclic) bond motifs is 2. The van der Waals surface area contributed by atoms with Gasteiger partial charge < -0.3 is 10.2 Å². The van der Waals surface area contributed by atoms with Gasteiger partial charge in [0.1, 0.15) is 11.6 Å². The van der Waals surface area contributed by atoms with Gasteiger partial charge in [-0.1, -0.05) is 74.4 Å². The Balaban J connectivity index is 1.73. The molecule has 0 unspecified atom stereocenters. The molecule has 0 saturated heterocycles. The van der Waals surface area contributed by atoms with Crippen molar-refractivity contribution in [1.82, 2.24) is 0 Å². The summed E-state index contributed by atoms with van der Waals surface area (Å²) in [6, 6.07) is 22.6. The Bertz CT molecular complexity index is 1230. The third-order valence-corrected chi connectivity index (χ3v) is 5.54. The van der Waals surface area contributed by atoms with E-state index in [0.29, 0.717) is 17.8 Å². The van der Waals surface area contributed by atoms with Gasteiger partial charge in [-0.05, 0) is 23.9 Å². The number of anilines is 2. The number of carbonyl (C=O) groups is 2. The van der Waals surface area contributed by atoms with Gasteiger partial charge in [-0.25, -0.2) is 0 Å². The average molecular weight is 409 g/mol. The van der Waals surface area contributed by atoms with Crippen molar-refractivity contribution in [3.8, 4) is 6.07 Å². The SMILES string of the molecule is CCCCCN1C(=O)/C(=C(\C#N)C(=O)Nc2cccc3ccccc23)c2ccccc21. The van der Waals surface area contributed by atoms with Crippen LogP contribution in [0.5, 0.6) is 0 Å². The van der Waals surface area contributed by atoms with Crippen LogP contribution in [0.15, 0.2) is 72.3 Å². The Kier molecular flexibility index (Phi) is 5.81. The van der Waals surface area contributed by atoms with Crippen molar-refractivity contribution >= 4 is 39.5 Å². The lowest BCUT2D eigenvalue weighted by Gasteiger charge is -2.16. The van der Waals surface area contributed by atoms with E-state index >= 15 is 0 Å². The van der Waals surface area contributed by atoms with Crippen LogP contribution >= 0.6 is 0 Å². The molecule has 0 spiro atoms. The normalized spacial score (nSPS) is 14.3. The maximum atomic E-state index is 13.3. The fraction of sp³-hybridized carbons (Fsp3) is 0.192. The lowest BCUT2D eigenvalue weighted by atomic mass is 10.0. The molecule has 154 valence electrons. The lowest BCUT2D eigenvalue weighted by molar-refractivity contribution is -0.114. The summed E-state index contributed by atoms with van der Waals surface area (Å²) in [4.78, 5) is 28.1. The van der Waals surface area contributed by atoms with E-state index in [0.717, 1.165) is 35.7 Å². The second-order valence-electron chi connectivity index (χ2n) is 7.52. The monoisotopic (exact) mass is 409 g/mol. The fourth-order valence-corrected chi connectivity index (χ4v) is 4.00. The van der Waals surface area contributed by atoms with Crippen LogP contribution in [-0.2, 0) is 9.59 Å². The van der Waals surface area contributed by atoms with Gasteiger partial charge in [0.05, 0.1) is 11.3 Å². The molecule has 0 aliphatic carbocycles. The summed E-state index contributed by atoms with van der Waals surface area (Å²) >= 11 is 0. The molecular formula is C26H23N3O2. The Morgan fingerprint density at radius 2 is 1.74 bits per heavy atom. The van der Waals surface area contributed by atoms with Gasteiger partial charge in [0.25, 0.3) is 11.8 Å². The number of hydrogen-bond acceptors (Lipinski definition) is 3. The van der Waals surface area contributed by atoms with E-state index in [4.69, 9.17) is 0 Å². The zero-order valence-electron chi connectivity index (χ0n) is 17.4. The Hall–Kier alpha value is -3.91. The molecule has 1 aliphatic heterocycles. The first-order valence-electron chi connectivity index (χ1n) is 10.5. The van der Waals surface area contributed by atoms with Crippen molar-refractivity contribution in [2.24, 2.45) is 0 Å². The second kappa shape index (κ2) is 8.85. The number of carbonyl (C=O) groups excluding carboxylic acids is 2. The van der Waals surface area contributed by atoms with Crippen LogP contribution in [0.25, 0.3) is 16.3 Å². The molecule has 1 N–H and O–H groups in total. The number of unbranched alkanes of at least 4 members (excludes halogenated alkanes) is 2. The summed E-state index contributed by atoms with van der Waals surface area (Å²) in [6.07, 6.45) is 2.93. The summed E-state index contributed by atoms with van der Waals surface area (Å²) in [7, 11) is 0. The highest BCUT2D eigenvalue weighted by Gasteiger charge is 2.36. The molecule has 31 heavy (non-hydrogen) atoms. The molecule has 0 atom stereocenters. The minimum Gasteiger partial charge on any atom is -0.321 e. The molecule has 1 heterocycles. The van der Waals surface area contributed by atoms with Gasteiger partial charge in [-0.3, -0.25) is 9.59 Å². The summed E-state index contributed by atoms with van der Waals surface area (Å²) in [6.45, 7) is 2.67. The van der Waals surface area contributed by atoms with Crippen LogP contribution in [0.3, 0.4) is 0 Å². The number of amides is 2. The number of nitrogens with zero attached hydrogens (tertiary/aromatic N) is 2. The summed E-state index contributed by atoms with van der Waals surface area (Å²) in [5.74, 6) is -0.866. The van der Waals surface area contributed by atoms with Gasteiger partial charge in [0.2, 0.25) is 0 Å². The average Bonchev–Trinajstić information content (AvgIpc) is 3.07. The zero-order valence-corrected chi connectivity index (χ0v) is 17.4. The predicted octanol–water partition coefficient (Wildman–Crippen LogP) is 5.29. The van der Waals surface area contributed by atoms with Crippen molar-refractivity contribution in [3.63, 3.8) is 0 Å². The molecule has 0 aromatic heterocycles. The largest absolute Gasteiger partial charge is 0.321 e. The molecule has 0 saturated carbocycles. The van der Waals surface area contributed by atoms with E-state index in [1.807, 2.05) is 60.7 Å². The van der Waals surface area contributed by atoms with Crippen LogP contribution in [0.1, 0.15) is 31.7 Å². The third kappa shape index (κ3) is 3.80. The fourth-order valence-electron chi connectivity index (χ4n) is 4.00. The number of hydrogen-bond donors (Lipinski definition) is 1. The van der Waals surface area contributed by atoms with Gasteiger partial charge in [-0.15, -0.1) is 0 Å². The summed E-state index contributed by atoms with van der Waals surface area (Å²) < 4.78 is 0. The second-order valence-corrected chi connectivity index (χ2v) is 7.52. The predicted molar refractivity (Wildman–Crippen MR) is 123 cm³/mol. The Labute approximate surface area is 181 Å². The first-order valence-corrected chi connectivity index (χ1v) is 10.5. The van der Waals surface area contributed by atoms with Crippen LogP contribution < -0.4 is 10.2 Å². The minimum absolute atomic E-state index is 0.164. The molecule has 3 aromatic carbocycles. The molecule has 0 radical (unpaired) electrons. The molecule has 1 aliphatic rings. The van der Waals surface area contributed by atoms with E-state index < -0.39 is 5.91 Å². The number of nitriles is 1. The Morgan fingerprint density at radius 3 is 2.55 bits per heavy atom. The van der Waals surface area contributed by atoms with E-state index in [2.05, 4.69) is 12.2 Å². The first kappa shape index (κ1) is 20.4. The molecule has 0 bridgehead atoms.